The maximum absolute atomic E-state index is 9.91. The quantitative estimate of drug-likeness (QED) is 0.625. The van der Waals surface area contributed by atoms with E-state index in [9.17, 15) is 10.2 Å². The molecule has 0 aromatic heterocycles. The lowest BCUT2D eigenvalue weighted by molar-refractivity contribution is 0.0979. The number of phenols is 1. The summed E-state index contributed by atoms with van der Waals surface area (Å²) in [6.07, 6.45) is -0.573. The van der Waals surface area contributed by atoms with Gasteiger partial charge in [-0.3, -0.25) is 0 Å². The van der Waals surface area contributed by atoms with Crippen molar-refractivity contribution >= 4 is 45.2 Å². The van der Waals surface area contributed by atoms with Gasteiger partial charge in [0.1, 0.15) is 5.75 Å². The van der Waals surface area contributed by atoms with E-state index in [4.69, 9.17) is 5.73 Å². The summed E-state index contributed by atoms with van der Waals surface area (Å²) in [6.45, 7) is 3.86. The summed E-state index contributed by atoms with van der Waals surface area (Å²) in [7, 11) is 0. The fourth-order valence-corrected chi connectivity index (χ4v) is 3.21. The first-order chi connectivity index (χ1) is 7.34. The zero-order valence-corrected chi connectivity index (χ0v) is 13.4. The van der Waals surface area contributed by atoms with Crippen LogP contribution in [0.5, 0.6) is 5.75 Å². The third-order valence-electron chi connectivity index (χ3n) is 2.48. The minimum Gasteiger partial charge on any atom is -0.506 e. The highest BCUT2D eigenvalue weighted by atomic mass is 127. The van der Waals surface area contributed by atoms with Crippen LogP contribution in [0.2, 0.25) is 0 Å². The molecule has 0 unspecified atom stereocenters. The molecule has 2 atom stereocenters. The largest absolute Gasteiger partial charge is 0.506 e. The summed E-state index contributed by atoms with van der Waals surface area (Å²) in [5.74, 6) is 0.385. The molecule has 0 aliphatic rings. The van der Waals surface area contributed by atoms with Gasteiger partial charge >= 0.3 is 0 Å². The highest BCUT2D eigenvalue weighted by Gasteiger charge is 2.21. The van der Waals surface area contributed by atoms with Gasteiger partial charge in [0.15, 0.2) is 0 Å². The van der Waals surface area contributed by atoms with E-state index in [0.29, 0.717) is 0 Å². The van der Waals surface area contributed by atoms with Crippen molar-refractivity contribution in [1.82, 2.24) is 0 Å². The average Bonchev–Trinajstić information content (AvgIpc) is 2.22. The molecule has 1 aromatic rings. The summed E-state index contributed by atoms with van der Waals surface area (Å²) in [5, 5.41) is 19.5. The van der Waals surface area contributed by atoms with Crippen LogP contribution in [0.25, 0.3) is 0 Å². The molecular formula is C11H15I2NO2. The molecule has 3 nitrogen and oxygen atoms in total. The number of aromatic hydroxyl groups is 1. The minimum absolute atomic E-state index is 0.110. The third kappa shape index (κ3) is 3.21. The van der Waals surface area contributed by atoms with E-state index in [1.807, 2.05) is 26.0 Å². The second kappa shape index (κ2) is 5.83. The van der Waals surface area contributed by atoms with Crippen LogP contribution >= 0.6 is 45.2 Å². The summed E-state index contributed by atoms with van der Waals surface area (Å²) in [6, 6.07) is 3.21. The van der Waals surface area contributed by atoms with Gasteiger partial charge in [0.05, 0.1) is 19.3 Å². The molecule has 0 aliphatic carbocycles. The number of benzene rings is 1. The average molecular weight is 447 g/mol. The van der Waals surface area contributed by atoms with E-state index in [0.717, 1.165) is 12.7 Å². The standard InChI is InChI=1S/C11H15I2NO2/c1-5(2)10(15)9(14)6-3-7(12)11(16)8(13)4-6/h3-5,9-10,15-16H,14H2,1-2H3/t9-,10+/m0/s1. The number of rotatable bonds is 3. The van der Waals surface area contributed by atoms with E-state index in [1.54, 1.807) is 0 Å². The Morgan fingerprint density at radius 1 is 1.19 bits per heavy atom. The number of nitrogens with two attached hydrogens (primary N) is 1. The maximum Gasteiger partial charge on any atom is 0.142 e. The third-order valence-corrected chi connectivity index (χ3v) is 4.12. The molecule has 1 rings (SSSR count). The van der Waals surface area contributed by atoms with Crippen LogP contribution in [0.4, 0.5) is 0 Å². The van der Waals surface area contributed by atoms with Gasteiger partial charge in [-0.1, -0.05) is 13.8 Å². The van der Waals surface area contributed by atoms with Crippen molar-refractivity contribution in [3.63, 3.8) is 0 Å². The summed E-state index contributed by atoms with van der Waals surface area (Å²) < 4.78 is 1.51. The molecule has 16 heavy (non-hydrogen) atoms. The molecule has 0 fully saturated rings. The van der Waals surface area contributed by atoms with Crippen LogP contribution in [0.3, 0.4) is 0 Å². The topological polar surface area (TPSA) is 66.5 Å². The summed E-state index contributed by atoms with van der Waals surface area (Å²) >= 11 is 4.12. The fraction of sp³-hybridized carbons (Fsp3) is 0.455. The van der Waals surface area contributed by atoms with Gasteiger partial charge < -0.3 is 15.9 Å². The van der Waals surface area contributed by atoms with Crippen LogP contribution in [-0.4, -0.2) is 16.3 Å². The normalized spacial score (nSPS) is 15.2. The summed E-state index contributed by atoms with van der Waals surface area (Å²) in [5.41, 5.74) is 6.84. The van der Waals surface area contributed by atoms with Crippen molar-refractivity contribution in [2.45, 2.75) is 26.0 Å². The Morgan fingerprint density at radius 3 is 2.00 bits per heavy atom. The van der Waals surface area contributed by atoms with E-state index >= 15 is 0 Å². The number of hydrogen-bond donors (Lipinski definition) is 3. The van der Waals surface area contributed by atoms with Crippen molar-refractivity contribution in [1.29, 1.82) is 0 Å². The van der Waals surface area contributed by atoms with Crippen LogP contribution in [0.1, 0.15) is 25.5 Å². The lowest BCUT2D eigenvalue weighted by Gasteiger charge is -2.23. The predicted molar refractivity (Wildman–Crippen MR) is 81.3 cm³/mol. The van der Waals surface area contributed by atoms with Crippen LogP contribution < -0.4 is 5.73 Å². The Morgan fingerprint density at radius 2 is 1.62 bits per heavy atom. The molecule has 0 saturated carbocycles. The maximum atomic E-state index is 9.91. The van der Waals surface area contributed by atoms with Gasteiger partial charge in [0.2, 0.25) is 0 Å². The van der Waals surface area contributed by atoms with Crippen LogP contribution in [0.15, 0.2) is 12.1 Å². The highest BCUT2D eigenvalue weighted by Crippen LogP contribution is 2.30. The molecule has 0 saturated heterocycles. The van der Waals surface area contributed by atoms with Gasteiger partial charge in [0.25, 0.3) is 0 Å². The first-order valence-electron chi connectivity index (χ1n) is 4.96. The molecule has 4 N–H and O–H groups in total. The Balaban J connectivity index is 3.05. The molecule has 1 aromatic carbocycles. The smallest absolute Gasteiger partial charge is 0.142 e. The number of halogens is 2. The Labute approximate surface area is 123 Å². The molecule has 0 bridgehead atoms. The van der Waals surface area contributed by atoms with Gasteiger partial charge in [0, 0.05) is 0 Å². The zero-order valence-electron chi connectivity index (χ0n) is 9.11. The second-order valence-corrected chi connectivity index (χ2v) is 6.42. The van der Waals surface area contributed by atoms with Crippen molar-refractivity contribution < 1.29 is 10.2 Å². The molecule has 0 aliphatic heterocycles. The van der Waals surface area contributed by atoms with Gasteiger partial charge in [-0.05, 0) is 68.8 Å². The van der Waals surface area contributed by atoms with E-state index in [2.05, 4.69) is 45.2 Å². The van der Waals surface area contributed by atoms with Crippen LogP contribution in [0, 0.1) is 13.1 Å². The Hall–Kier alpha value is 0.400. The zero-order chi connectivity index (χ0) is 12.5. The molecule has 0 radical (unpaired) electrons. The molecule has 90 valence electrons. The molecule has 0 heterocycles. The van der Waals surface area contributed by atoms with E-state index < -0.39 is 12.1 Å². The van der Waals surface area contributed by atoms with Crippen molar-refractivity contribution in [2.75, 3.05) is 0 Å². The second-order valence-electron chi connectivity index (χ2n) is 4.09. The molecule has 0 amide bonds. The van der Waals surface area contributed by atoms with Crippen LogP contribution in [-0.2, 0) is 0 Å². The highest BCUT2D eigenvalue weighted by molar-refractivity contribution is 14.1. The van der Waals surface area contributed by atoms with E-state index in [1.165, 1.54) is 0 Å². The van der Waals surface area contributed by atoms with Crippen molar-refractivity contribution in [3.05, 3.63) is 24.8 Å². The Kier molecular flexibility index (Phi) is 5.27. The molecule has 5 heteroatoms. The van der Waals surface area contributed by atoms with Gasteiger partial charge in [-0.2, -0.15) is 0 Å². The number of aliphatic hydroxyl groups is 1. The number of hydrogen-bond acceptors (Lipinski definition) is 3. The lowest BCUT2D eigenvalue weighted by atomic mass is 9.94. The number of aliphatic hydroxyl groups excluding tert-OH is 1. The summed E-state index contributed by atoms with van der Waals surface area (Å²) in [4.78, 5) is 0. The molecular weight excluding hydrogens is 432 g/mol. The van der Waals surface area contributed by atoms with Crippen molar-refractivity contribution in [3.8, 4) is 5.75 Å². The van der Waals surface area contributed by atoms with Gasteiger partial charge in [-0.25, -0.2) is 0 Å². The van der Waals surface area contributed by atoms with Gasteiger partial charge in [-0.15, -0.1) is 0 Å². The lowest BCUT2D eigenvalue weighted by Crippen LogP contribution is -2.30. The monoisotopic (exact) mass is 447 g/mol. The van der Waals surface area contributed by atoms with Crippen molar-refractivity contribution in [2.24, 2.45) is 11.7 Å². The van der Waals surface area contributed by atoms with E-state index in [-0.39, 0.29) is 11.7 Å². The molecule has 0 spiro atoms. The minimum atomic E-state index is -0.573. The predicted octanol–water partition coefficient (Wildman–Crippen LogP) is 2.62. The first kappa shape index (κ1) is 14.5. The fourth-order valence-electron chi connectivity index (χ4n) is 1.39. The first-order valence-corrected chi connectivity index (χ1v) is 7.12. The Bertz CT molecular complexity index is 359. The SMILES string of the molecule is CC(C)[C@@H](O)[C@@H](N)c1cc(I)c(O)c(I)c1. The number of phenolic OH excluding ortho intramolecular Hbond substituents is 1.